The summed E-state index contributed by atoms with van der Waals surface area (Å²) in [4.78, 5) is 33.7. The van der Waals surface area contributed by atoms with Gasteiger partial charge in [-0.3, -0.25) is 9.36 Å². The van der Waals surface area contributed by atoms with Gasteiger partial charge in [0.15, 0.2) is 5.83 Å². The first-order valence-electron chi connectivity index (χ1n) is 10.9. The van der Waals surface area contributed by atoms with Crippen LogP contribution in [0.15, 0.2) is 46.4 Å². The Morgan fingerprint density at radius 1 is 1.20 bits per heavy atom. The van der Waals surface area contributed by atoms with E-state index < -0.39 is 23.2 Å². The van der Waals surface area contributed by atoms with E-state index in [0.717, 1.165) is 4.90 Å². The number of halogens is 4. The average molecular weight is 537 g/mol. The fraction of sp³-hybridized carbons (Fsp3) is 0.292. The number of hydrogen-bond donors (Lipinski definition) is 0. The monoisotopic (exact) mass is 536 g/mol. The maximum Gasteiger partial charge on any atom is 0.350 e. The summed E-state index contributed by atoms with van der Waals surface area (Å²) in [5, 5.41) is 1.10. The predicted molar refractivity (Wildman–Crippen MR) is 136 cm³/mol. The molecular formula is C24H20Cl2F2N4O2S. The van der Waals surface area contributed by atoms with Gasteiger partial charge in [0, 0.05) is 53.8 Å². The minimum Gasteiger partial charge on any atom is -0.350 e. The Morgan fingerprint density at radius 2 is 1.97 bits per heavy atom. The number of carbonyl (C=O) groups is 1. The van der Waals surface area contributed by atoms with Crippen molar-refractivity contribution in [2.45, 2.75) is 24.4 Å². The van der Waals surface area contributed by atoms with Gasteiger partial charge in [-0.15, -0.1) is 11.8 Å². The Labute approximate surface area is 214 Å². The molecule has 0 bridgehead atoms. The first kappa shape index (κ1) is 24.1. The molecule has 5 rings (SSSR count). The molecule has 1 fully saturated rings. The van der Waals surface area contributed by atoms with Crippen molar-refractivity contribution < 1.29 is 13.6 Å². The summed E-state index contributed by atoms with van der Waals surface area (Å²) in [5.74, 6) is -1.20. The third-order valence-electron chi connectivity index (χ3n) is 6.34. The number of carbonyl (C=O) groups excluding carboxylic acids is 1. The first-order chi connectivity index (χ1) is 16.7. The molecule has 1 saturated heterocycles. The normalized spacial score (nSPS) is 17.7. The first-order valence-corrected chi connectivity index (χ1v) is 12.7. The molecule has 6 nitrogen and oxygen atoms in total. The van der Waals surface area contributed by atoms with E-state index in [2.05, 4.69) is 11.6 Å². The fourth-order valence-electron chi connectivity index (χ4n) is 4.72. The van der Waals surface area contributed by atoms with Crippen LogP contribution >= 0.6 is 35.0 Å². The lowest BCUT2D eigenvalue weighted by atomic mass is 10.0. The van der Waals surface area contributed by atoms with E-state index in [-0.39, 0.29) is 24.2 Å². The molecule has 1 amide bonds. The van der Waals surface area contributed by atoms with E-state index in [1.807, 2.05) is 11.8 Å². The van der Waals surface area contributed by atoms with Gasteiger partial charge in [-0.05, 0) is 30.7 Å². The Kier molecular flexibility index (Phi) is 6.27. The van der Waals surface area contributed by atoms with Crippen LogP contribution in [0.2, 0.25) is 10.0 Å². The van der Waals surface area contributed by atoms with Crippen LogP contribution < -0.4 is 10.6 Å². The number of amides is 1. The molecule has 3 aromatic rings. The van der Waals surface area contributed by atoms with Gasteiger partial charge in [-0.1, -0.05) is 35.8 Å². The van der Waals surface area contributed by atoms with Crippen LogP contribution in [0.1, 0.15) is 6.92 Å². The summed E-state index contributed by atoms with van der Waals surface area (Å²) < 4.78 is 29.3. The highest BCUT2D eigenvalue weighted by Gasteiger charge is 2.32. The molecule has 182 valence electrons. The molecule has 0 spiro atoms. The summed E-state index contributed by atoms with van der Waals surface area (Å²) in [5.41, 5.74) is 1.49. The molecule has 2 aliphatic heterocycles. The van der Waals surface area contributed by atoms with Gasteiger partial charge in [0.25, 0.3) is 5.91 Å². The zero-order valence-electron chi connectivity index (χ0n) is 18.7. The van der Waals surface area contributed by atoms with Crippen LogP contribution in [-0.2, 0) is 11.3 Å². The van der Waals surface area contributed by atoms with E-state index in [4.69, 9.17) is 23.2 Å². The summed E-state index contributed by atoms with van der Waals surface area (Å²) in [6.07, 6.45) is 0. The summed E-state index contributed by atoms with van der Waals surface area (Å²) in [6.45, 7) is 6.33. The van der Waals surface area contributed by atoms with Crippen molar-refractivity contribution >= 4 is 57.6 Å². The molecule has 0 saturated carbocycles. The molecule has 11 heteroatoms. The maximum absolute atomic E-state index is 14.3. The van der Waals surface area contributed by atoms with E-state index in [9.17, 15) is 18.4 Å². The molecule has 2 aromatic carbocycles. The summed E-state index contributed by atoms with van der Waals surface area (Å²) in [7, 11) is 0. The molecule has 35 heavy (non-hydrogen) atoms. The number of nitrogens with zero attached hydrogens (tertiary/aromatic N) is 4. The Bertz CT molecular complexity index is 1460. The van der Waals surface area contributed by atoms with Crippen LogP contribution in [0.3, 0.4) is 0 Å². The van der Waals surface area contributed by atoms with Crippen LogP contribution in [0.25, 0.3) is 22.0 Å². The van der Waals surface area contributed by atoms with Gasteiger partial charge in [-0.2, -0.15) is 4.98 Å². The third-order valence-corrected chi connectivity index (χ3v) is 8.02. The summed E-state index contributed by atoms with van der Waals surface area (Å²) in [6, 6.07) is 6.03. The number of anilines is 1. The highest BCUT2D eigenvalue weighted by Crippen LogP contribution is 2.46. The van der Waals surface area contributed by atoms with Crippen LogP contribution in [-0.4, -0.2) is 51.8 Å². The molecule has 0 aliphatic carbocycles. The number of hydrogen-bond acceptors (Lipinski definition) is 5. The van der Waals surface area contributed by atoms with E-state index >= 15 is 0 Å². The Balaban J connectivity index is 1.67. The van der Waals surface area contributed by atoms with Gasteiger partial charge in [-0.25, -0.2) is 13.6 Å². The molecular weight excluding hydrogens is 517 g/mol. The topological polar surface area (TPSA) is 58.4 Å². The maximum atomic E-state index is 14.3. The van der Waals surface area contributed by atoms with Crippen molar-refractivity contribution in [2.24, 2.45) is 0 Å². The lowest BCUT2D eigenvalue weighted by Crippen LogP contribution is -2.54. The minimum absolute atomic E-state index is 0.0123. The highest BCUT2D eigenvalue weighted by molar-refractivity contribution is 7.99. The molecule has 0 N–H and O–H groups in total. The van der Waals surface area contributed by atoms with Crippen molar-refractivity contribution in [3.05, 3.63) is 63.0 Å². The Morgan fingerprint density at radius 3 is 2.66 bits per heavy atom. The second kappa shape index (κ2) is 9.11. The number of piperazine rings is 1. The van der Waals surface area contributed by atoms with E-state index in [1.54, 1.807) is 28.5 Å². The highest BCUT2D eigenvalue weighted by atomic mass is 35.5. The van der Waals surface area contributed by atoms with Gasteiger partial charge in [0.05, 0.1) is 15.6 Å². The quantitative estimate of drug-likeness (QED) is 0.434. The van der Waals surface area contributed by atoms with E-state index in [0.29, 0.717) is 51.7 Å². The van der Waals surface area contributed by atoms with Crippen LogP contribution in [0, 0.1) is 5.82 Å². The molecule has 1 aromatic heterocycles. The van der Waals surface area contributed by atoms with Crippen molar-refractivity contribution in [1.82, 2.24) is 14.5 Å². The zero-order valence-corrected chi connectivity index (χ0v) is 21.0. The predicted octanol–water partition coefficient (Wildman–Crippen LogP) is 5.14. The lowest BCUT2D eigenvalue weighted by molar-refractivity contribution is -0.129. The fourth-order valence-corrected chi connectivity index (χ4v) is 6.41. The van der Waals surface area contributed by atoms with Crippen molar-refractivity contribution in [1.29, 1.82) is 0 Å². The average Bonchev–Trinajstić information content (AvgIpc) is 2.82. The molecule has 3 heterocycles. The van der Waals surface area contributed by atoms with Crippen LogP contribution in [0.4, 0.5) is 14.6 Å². The lowest BCUT2D eigenvalue weighted by Gasteiger charge is -2.41. The number of thioether (sulfide) groups is 1. The van der Waals surface area contributed by atoms with Crippen molar-refractivity contribution in [2.75, 3.05) is 30.3 Å². The minimum atomic E-state index is -1.00. The van der Waals surface area contributed by atoms with Crippen LogP contribution in [0.5, 0.6) is 0 Å². The number of rotatable bonds is 3. The molecule has 2 aliphatic rings. The molecule has 0 radical (unpaired) electrons. The number of aryl methyl sites for hydroxylation is 1. The van der Waals surface area contributed by atoms with Crippen molar-refractivity contribution in [3.63, 3.8) is 0 Å². The number of aromatic nitrogens is 2. The van der Waals surface area contributed by atoms with Gasteiger partial charge in [0.2, 0.25) is 0 Å². The van der Waals surface area contributed by atoms with Gasteiger partial charge < -0.3 is 9.80 Å². The van der Waals surface area contributed by atoms with Crippen molar-refractivity contribution in [3.8, 4) is 11.1 Å². The van der Waals surface area contributed by atoms with Gasteiger partial charge >= 0.3 is 5.69 Å². The molecule has 1 atom stereocenters. The third kappa shape index (κ3) is 4.09. The number of benzene rings is 2. The van der Waals surface area contributed by atoms with E-state index in [1.165, 1.54) is 17.0 Å². The zero-order chi connectivity index (χ0) is 25.0. The summed E-state index contributed by atoms with van der Waals surface area (Å²) >= 11 is 14.2. The SMILES string of the molecule is C=C(F)C(=O)N1CCN(c2nc(=O)n3c4c(c(-c5ccc(Cl)c(F)c5)c(Cl)cc24)SCC3)[C@@H](C)C1. The second-order valence-corrected chi connectivity index (χ2v) is 10.4. The standard InChI is InChI=1S/C24H20Cl2F2N4O2S/c1-12-11-30(23(33)13(2)27)5-6-31(12)22-15-10-17(26)19(14-3-4-16(25)18(28)9-14)21-20(15)32(7-8-35-21)24(34)29-22/h3-4,9-10,12H,2,5-8,11H2,1H3/t12-/m0/s1. The largest absolute Gasteiger partial charge is 0.350 e. The second-order valence-electron chi connectivity index (χ2n) is 8.50. The smallest absolute Gasteiger partial charge is 0.350 e. The Hall–Kier alpha value is -2.62. The van der Waals surface area contributed by atoms with Gasteiger partial charge in [0.1, 0.15) is 11.6 Å². The molecule has 0 unspecified atom stereocenters.